The Balaban J connectivity index is 1.27. The van der Waals surface area contributed by atoms with Crippen LogP contribution in [0.1, 0.15) is 38.5 Å². The van der Waals surface area contributed by atoms with Gasteiger partial charge in [0.25, 0.3) is 0 Å². The van der Waals surface area contributed by atoms with E-state index >= 15 is 0 Å². The molecule has 0 unspecified atom stereocenters. The van der Waals surface area contributed by atoms with Crippen LogP contribution in [0.4, 0.5) is 25.3 Å². The van der Waals surface area contributed by atoms with Crippen molar-refractivity contribution >= 4 is 17.8 Å². The number of halogens is 2. The van der Waals surface area contributed by atoms with E-state index in [1.165, 1.54) is 0 Å². The fourth-order valence-electron chi connectivity index (χ4n) is 4.54. The zero-order valence-electron chi connectivity index (χ0n) is 17.1. The van der Waals surface area contributed by atoms with Gasteiger partial charge in [-0.25, -0.2) is 18.6 Å². The molecule has 0 aromatic carbocycles. The Morgan fingerprint density at radius 3 is 2.63 bits per heavy atom. The van der Waals surface area contributed by atoms with Crippen LogP contribution in [0.5, 0.6) is 0 Å². The third-order valence-corrected chi connectivity index (χ3v) is 6.65. The van der Waals surface area contributed by atoms with Gasteiger partial charge in [-0.05, 0) is 31.7 Å². The molecule has 4 aliphatic rings. The first-order valence-electron chi connectivity index (χ1n) is 10.6. The summed E-state index contributed by atoms with van der Waals surface area (Å²) in [5.41, 5.74) is 0.809. The molecule has 2 saturated carbocycles. The molecule has 30 heavy (non-hydrogen) atoms. The fourth-order valence-corrected chi connectivity index (χ4v) is 4.54. The van der Waals surface area contributed by atoms with Gasteiger partial charge in [0.05, 0.1) is 17.9 Å². The quantitative estimate of drug-likeness (QED) is 0.764. The monoisotopic (exact) mass is 419 g/mol. The minimum Gasteiger partial charge on any atom is -0.368 e. The van der Waals surface area contributed by atoms with Crippen molar-refractivity contribution in [3.8, 4) is 0 Å². The van der Waals surface area contributed by atoms with Gasteiger partial charge in [0.15, 0.2) is 0 Å². The van der Waals surface area contributed by atoms with Gasteiger partial charge in [0.2, 0.25) is 11.9 Å². The molecule has 2 aliphatic heterocycles. The molecule has 162 valence electrons. The highest BCUT2D eigenvalue weighted by Gasteiger charge is 2.49. The number of alkyl halides is 2. The van der Waals surface area contributed by atoms with Crippen LogP contribution in [0.2, 0.25) is 0 Å². The second kappa shape index (κ2) is 6.95. The summed E-state index contributed by atoms with van der Waals surface area (Å²) >= 11 is 0. The largest absolute Gasteiger partial charge is 0.368 e. The Kier molecular flexibility index (Phi) is 4.48. The van der Waals surface area contributed by atoms with Crippen molar-refractivity contribution in [1.29, 1.82) is 0 Å². The third-order valence-electron chi connectivity index (χ3n) is 6.65. The molecular weight excluding hydrogens is 392 g/mol. The number of anilines is 2. The number of rotatable bonds is 5. The van der Waals surface area contributed by atoms with E-state index in [1.54, 1.807) is 29.1 Å². The lowest BCUT2D eigenvalue weighted by atomic mass is 9.91. The van der Waals surface area contributed by atoms with E-state index in [4.69, 9.17) is 0 Å². The van der Waals surface area contributed by atoms with Gasteiger partial charge in [-0.1, -0.05) is 0 Å². The van der Waals surface area contributed by atoms with Crippen molar-refractivity contribution < 1.29 is 13.6 Å². The van der Waals surface area contributed by atoms with Crippen LogP contribution in [-0.2, 0) is 0 Å². The van der Waals surface area contributed by atoms with E-state index < -0.39 is 5.92 Å². The Morgan fingerprint density at radius 1 is 1.20 bits per heavy atom. The number of urea groups is 1. The van der Waals surface area contributed by atoms with E-state index in [0.717, 1.165) is 18.5 Å². The fraction of sp³-hybridized carbons (Fsp3) is 0.650. The highest BCUT2D eigenvalue weighted by molar-refractivity contribution is 5.93. The number of hydrogen-bond donors (Lipinski definition) is 2. The highest BCUT2D eigenvalue weighted by Crippen LogP contribution is 2.45. The zero-order chi connectivity index (χ0) is 20.9. The summed E-state index contributed by atoms with van der Waals surface area (Å²) in [7, 11) is 1.78. The van der Waals surface area contributed by atoms with Gasteiger partial charge in [-0.2, -0.15) is 4.98 Å². The summed E-state index contributed by atoms with van der Waals surface area (Å²) in [5.74, 6) is -1.43. The summed E-state index contributed by atoms with van der Waals surface area (Å²) in [5, 5.41) is 6.89. The van der Waals surface area contributed by atoms with E-state index in [1.807, 2.05) is 0 Å². The predicted molar refractivity (Wildman–Crippen MR) is 108 cm³/mol. The molecule has 2 aliphatic carbocycles. The van der Waals surface area contributed by atoms with Crippen LogP contribution in [0.3, 0.4) is 0 Å². The Morgan fingerprint density at radius 2 is 1.97 bits per heavy atom. The maximum atomic E-state index is 13.5. The normalized spacial score (nSPS) is 25.4. The number of carbonyl (C=O) groups excluding carboxylic acids is 1. The van der Waals surface area contributed by atoms with Crippen LogP contribution in [0, 0.1) is 0 Å². The maximum Gasteiger partial charge on any atom is 0.325 e. The summed E-state index contributed by atoms with van der Waals surface area (Å²) in [6, 6.07) is 1.84. The first kappa shape index (κ1) is 19.3. The minimum atomic E-state index is -2.51. The van der Waals surface area contributed by atoms with Gasteiger partial charge in [0, 0.05) is 51.4 Å². The SMILES string of the molecule is CN1CCN(c2ccnc(NC3(C4=CN(C5CCC(F)(F)CC5)CN4)CC3)n2)C1=O. The number of likely N-dealkylation sites (N-methyl/N-ethyl adjacent to an activating group) is 1. The van der Waals surface area contributed by atoms with E-state index in [9.17, 15) is 13.6 Å². The average Bonchev–Trinajstić information content (AvgIpc) is 3.17. The number of carbonyl (C=O) groups is 1. The summed E-state index contributed by atoms with van der Waals surface area (Å²) < 4.78 is 26.9. The van der Waals surface area contributed by atoms with Gasteiger partial charge in [-0.3, -0.25) is 4.90 Å². The van der Waals surface area contributed by atoms with Crippen LogP contribution in [-0.4, -0.2) is 70.1 Å². The lowest BCUT2D eigenvalue weighted by Crippen LogP contribution is -2.38. The molecule has 3 fully saturated rings. The van der Waals surface area contributed by atoms with Crippen LogP contribution >= 0.6 is 0 Å². The van der Waals surface area contributed by atoms with Crippen LogP contribution in [0.15, 0.2) is 24.2 Å². The van der Waals surface area contributed by atoms with Gasteiger partial charge < -0.3 is 20.4 Å². The summed E-state index contributed by atoms with van der Waals surface area (Å²) in [6.07, 6.45) is 6.60. The minimum absolute atomic E-state index is 0.0359. The molecule has 0 spiro atoms. The highest BCUT2D eigenvalue weighted by atomic mass is 19.3. The van der Waals surface area contributed by atoms with Gasteiger partial charge in [0.1, 0.15) is 5.82 Å². The second-order valence-corrected chi connectivity index (χ2v) is 8.78. The second-order valence-electron chi connectivity index (χ2n) is 8.78. The smallest absolute Gasteiger partial charge is 0.325 e. The van der Waals surface area contributed by atoms with Crippen molar-refractivity contribution in [2.75, 3.05) is 37.0 Å². The molecular formula is C20H27F2N7O. The zero-order valence-corrected chi connectivity index (χ0v) is 17.1. The molecule has 10 heteroatoms. The van der Waals surface area contributed by atoms with E-state index in [0.29, 0.717) is 44.4 Å². The van der Waals surface area contributed by atoms with Crippen LogP contribution in [0.25, 0.3) is 0 Å². The molecule has 1 saturated heterocycles. The Hall–Kier alpha value is -2.65. The van der Waals surface area contributed by atoms with Crippen molar-refractivity contribution in [2.24, 2.45) is 0 Å². The molecule has 3 heterocycles. The molecule has 0 radical (unpaired) electrons. The van der Waals surface area contributed by atoms with Crippen LogP contribution < -0.4 is 15.5 Å². The standard InChI is InChI=1S/C20H27F2N7O/c1-27-10-11-29(18(27)30)16-4-9-23-17(25-16)26-19(7-8-19)15-12-28(13-24-15)14-2-5-20(21,22)6-3-14/h4,9,12,14,24H,2-3,5-8,10-11,13H2,1H3,(H,23,25,26). The number of aromatic nitrogens is 2. The lowest BCUT2D eigenvalue weighted by molar-refractivity contribution is -0.0489. The van der Waals surface area contributed by atoms with Crippen molar-refractivity contribution in [3.05, 3.63) is 24.2 Å². The first-order valence-corrected chi connectivity index (χ1v) is 10.6. The number of hydrogen-bond acceptors (Lipinski definition) is 6. The summed E-state index contributed by atoms with van der Waals surface area (Å²) in [6.45, 7) is 1.93. The number of nitrogens with zero attached hydrogens (tertiary/aromatic N) is 5. The molecule has 0 bridgehead atoms. The van der Waals surface area contributed by atoms with E-state index in [2.05, 4.69) is 31.7 Å². The average molecular weight is 419 g/mol. The lowest BCUT2D eigenvalue weighted by Gasteiger charge is -2.34. The number of amides is 2. The number of nitrogens with one attached hydrogen (secondary N) is 2. The third kappa shape index (κ3) is 3.52. The molecule has 0 atom stereocenters. The maximum absolute atomic E-state index is 13.5. The topological polar surface area (TPSA) is 76.6 Å². The Labute approximate surface area is 174 Å². The summed E-state index contributed by atoms with van der Waals surface area (Å²) in [4.78, 5) is 26.6. The van der Waals surface area contributed by atoms with Crippen molar-refractivity contribution in [1.82, 2.24) is 25.1 Å². The van der Waals surface area contributed by atoms with Gasteiger partial charge in [-0.15, -0.1) is 0 Å². The molecule has 2 N–H and O–H groups in total. The van der Waals surface area contributed by atoms with E-state index in [-0.39, 0.29) is 30.5 Å². The molecule has 8 nitrogen and oxygen atoms in total. The van der Waals surface area contributed by atoms with Gasteiger partial charge >= 0.3 is 6.03 Å². The molecule has 5 rings (SSSR count). The molecule has 2 amide bonds. The predicted octanol–water partition coefficient (Wildman–Crippen LogP) is 2.57. The molecule has 1 aromatic rings. The van der Waals surface area contributed by atoms with Crippen molar-refractivity contribution in [3.63, 3.8) is 0 Å². The van der Waals surface area contributed by atoms with Crippen molar-refractivity contribution in [2.45, 2.75) is 56.0 Å². The molecule has 1 aromatic heterocycles. The first-order chi connectivity index (χ1) is 14.4. The Bertz CT molecular complexity index is 862.